The van der Waals surface area contributed by atoms with Gasteiger partial charge in [-0.2, -0.15) is 0 Å². The van der Waals surface area contributed by atoms with Gasteiger partial charge in [-0.25, -0.2) is 0 Å². The summed E-state index contributed by atoms with van der Waals surface area (Å²) in [6, 6.07) is 12.1. The molecule has 0 saturated carbocycles. The summed E-state index contributed by atoms with van der Waals surface area (Å²) in [5.41, 5.74) is 0.972. The van der Waals surface area contributed by atoms with Gasteiger partial charge in [0, 0.05) is 12.0 Å². The summed E-state index contributed by atoms with van der Waals surface area (Å²) in [4.78, 5) is 0. The summed E-state index contributed by atoms with van der Waals surface area (Å²) < 4.78 is 5.47. The van der Waals surface area contributed by atoms with E-state index in [4.69, 9.17) is 9.84 Å². The maximum Gasteiger partial charge on any atom is 0.119 e. The zero-order chi connectivity index (χ0) is 12.8. The third-order valence-corrected chi connectivity index (χ3v) is 2.59. The van der Waals surface area contributed by atoms with E-state index in [-0.39, 0.29) is 6.61 Å². The Hall–Kier alpha value is -1.98. The van der Waals surface area contributed by atoms with Gasteiger partial charge in [0.2, 0.25) is 0 Å². The number of fused-ring (bicyclic) bond motifs is 1. The lowest BCUT2D eigenvalue weighted by molar-refractivity contribution is 0.305. The number of hydrogen-bond donors (Lipinski definition) is 1. The van der Waals surface area contributed by atoms with Crippen LogP contribution in [-0.4, -0.2) is 18.3 Å². The zero-order valence-electron chi connectivity index (χ0n) is 10.4. The number of hydrogen-bond acceptors (Lipinski definition) is 2. The van der Waals surface area contributed by atoms with E-state index < -0.39 is 0 Å². The molecule has 0 fully saturated rings. The lowest BCUT2D eigenvalue weighted by Gasteiger charge is -2.04. The highest BCUT2D eigenvalue weighted by Crippen LogP contribution is 2.21. The highest BCUT2D eigenvalue weighted by Gasteiger charge is 1.97. The van der Waals surface area contributed by atoms with Crippen LogP contribution in [-0.2, 0) is 0 Å². The minimum Gasteiger partial charge on any atom is -0.494 e. The molecule has 0 radical (unpaired) electrons. The SMILES string of the molecule is CCOc1ccc2cc(C#CCCO)ccc2c1. The van der Waals surface area contributed by atoms with Gasteiger partial charge >= 0.3 is 0 Å². The Bertz CT molecular complexity index is 591. The third-order valence-electron chi connectivity index (χ3n) is 2.59. The van der Waals surface area contributed by atoms with Crippen molar-refractivity contribution < 1.29 is 9.84 Å². The fourth-order valence-electron chi connectivity index (χ4n) is 1.78. The van der Waals surface area contributed by atoms with E-state index in [9.17, 15) is 0 Å². The number of benzene rings is 2. The lowest BCUT2D eigenvalue weighted by Crippen LogP contribution is -1.90. The molecule has 2 heteroatoms. The van der Waals surface area contributed by atoms with Crippen molar-refractivity contribution in [1.82, 2.24) is 0 Å². The first-order valence-corrected chi connectivity index (χ1v) is 6.10. The molecule has 18 heavy (non-hydrogen) atoms. The first kappa shape index (κ1) is 12.5. The average molecular weight is 240 g/mol. The minimum atomic E-state index is 0.109. The molecule has 0 aromatic heterocycles. The molecule has 0 heterocycles. The molecule has 2 aromatic carbocycles. The van der Waals surface area contributed by atoms with Gasteiger partial charge in [-0.05, 0) is 42.0 Å². The summed E-state index contributed by atoms with van der Waals surface area (Å²) in [7, 11) is 0. The maximum atomic E-state index is 8.68. The van der Waals surface area contributed by atoms with Gasteiger partial charge in [0.1, 0.15) is 5.75 Å². The van der Waals surface area contributed by atoms with E-state index in [1.807, 2.05) is 37.3 Å². The molecular weight excluding hydrogens is 224 g/mol. The van der Waals surface area contributed by atoms with Crippen molar-refractivity contribution in [2.24, 2.45) is 0 Å². The molecular formula is C16H16O2. The minimum absolute atomic E-state index is 0.109. The fraction of sp³-hybridized carbons (Fsp3) is 0.250. The fourth-order valence-corrected chi connectivity index (χ4v) is 1.78. The Morgan fingerprint density at radius 1 is 1.11 bits per heavy atom. The normalized spacial score (nSPS) is 9.89. The summed E-state index contributed by atoms with van der Waals surface area (Å²) in [5.74, 6) is 6.85. The monoisotopic (exact) mass is 240 g/mol. The zero-order valence-corrected chi connectivity index (χ0v) is 10.4. The van der Waals surface area contributed by atoms with Gasteiger partial charge in [-0.15, -0.1) is 0 Å². The molecule has 92 valence electrons. The molecule has 0 unspecified atom stereocenters. The molecule has 0 aliphatic rings. The Morgan fingerprint density at radius 2 is 1.89 bits per heavy atom. The Balaban J connectivity index is 2.30. The standard InChI is InChI=1S/C16H16O2/c1-2-18-16-9-8-14-11-13(5-3-4-10-17)6-7-15(14)12-16/h6-9,11-12,17H,2,4,10H2,1H3. The average Bonchev–Trinajstić information content (AvgIpc) is 2.39. The van der Waals surface area contributed by atoms with E-state index in [1.165, 1.54) is 0 Å². The van der Waals surface area contributed by atoms with Crippen molar-refractivity contribution in [2.75, 3.05) is 13.2 Å². The Morgan fingerprint density at radius 3 is 2.67 bits per heavy atom. The Labute approximate surface area is 107 Å². The second-order valence-corrected chi connectivity index (χ2v) is 3.93. The predicted molar refractivity (Wildman–Crippen MR) is 73.7 cm³/mol. The topological polar surface area (TPSA) is 29.5 Å². The van der Waals surface area contributed by atoms with Crippen molar-refractivity contribution in [3.8, 4) is 17.6 Å². The van der Waals surface area contributed by atoms with Crippen LogP contribution < -0.4 is 4.74 Å². The molecule has 1 N–H and O–H groups in total. The summed E-state index contributed by atoms with van der Waals surface area (Å²) in [5, 5.41) is 11.0. The molecule has 0 saturated heterocycles. The first-order valence-electron chi connectivity index (χ1n) is 6.10. The molecule has 0 bridgehead atoms. The molecule has 0 atom stereocenters. The highest BCUT2D eigenvalue weighted by molar-refractivity contribution is 5.85. The largest absolute Gasteiger partial charge is 0.494 e. The quantitative estimate of drug-likeness (QED) is 0.836. The van der Waals surface area contributed by atoms with E-state index in [1.54, 1.807) is 0 Å². The third kappa shape index (κ3) is 3.03. The second-order valence-electron chi connectivity index (χ2n) is 3.93. The summed E-state index contributed by atoms with van der Waals surface area (Å²) >= 11 is 0. The number of ether oxygens (including phenoxy) is 1. The number of rotatable bonds is 3. The van der Waals surface area contributed by atoms with Crippen LogP contribution in [0.15, 0.2) is 36.4 Å². The van der Waals surface area contributed by atoms with E-state index in [0.717, 1.165) is 22.1 Å². The Kier molecular flexibility index (Phi) is 4.22. The van der Waals surface area contributed by atoms with E-state index in [0.29, 0.717) is 13.0 Å². The van der Waals surface area contributed by atoms with Crippen LogP contribution in [0.5, 0.6) is 5.75 Å². The predicted octanol–water partition coefficient (Wildman–Crippen LogP) is 2.97. The van der Waals surface area contributed by atoms with Gasteiger partial charge in [0.25, 0.3) is 0 Å². The molecule has 2 rings (SSSR count). The highest BCUT2D eigenvalue weighted by atomic mass is 16.5. The van der Waals surface area contributed by atoms with Gasteiger partial charge in [-0.3, -0.25) is 0 Å². The smallest absolute Gasteiger partial charge is 0.119 e. The van der Waals surface area contributed by atoms with Gasteiger partial charge in [0.15, 0.2) is 0 Å². The molecule has 0 spiro atoms. The van der Waals surface area contributed by atoms with Gasteiger partial charge < -0.3 is 9.84 Å². The van der Waals surface area contributed by atoms with E-state index >= 15 is 0 Å². The van der Waals surface area contributed by atoms with Crippen LogP contribution in [0.2, 0.25) is 0 Å². The molecule has 0 amide bonds. The van der Waals surface area contributed by atoms with Crippen molar-refractivity contribution in [3.05, 3.63) is 42.0 Å². The van der Waals surface area contributed by atoms with Crippen molar-refractivity contribution >= 4 is 10.8 Å². The number of aliphatic hydroxyl groups excluding tert-OH is 1. The van der Waals surface area contributed by atoms with Crippen molar-refractivity contribution in [2.45, 2.75) is 13.3 Å². The van der Waals surface area contributed by atoms with Crippen LogP contribution in [0.1, 0.15) is 18.9 Å². The molecule has 2 nitrogen and oxygen atoms in total. The van der Waals surface area contributed by atoms with Crippen molar-refractivity contribution in [3.63, 3.8) is 0 Å². The van der Waals surface area contributed by atoms with Crippen LogP contribution >= 0.6 is 0 Å². The second kappa shape index (κ2) is 6.09. The first-order chi connectivity index (χ1) is 8.83. The van der Waals surface area contributed by atoms with E-state index in [2.05, 4.69) is 17.9 Å². The van der Waals surface area contributed by atoms with Gasteiger partial charge in [0.05, 0.1) is 13.2 Å². The summed E-state index contributed by atoms with van der Waals surface area (Å²) in [6.07, 6.45) is 0.515. The van der Waals surface area contributed by atoms with Crippen LogP contribution in [0.3, 0.4) is 0 Å². The van der Waals surface area contributed by atoms with Crippen LogP contribution in [0.4, 0.5) is 0 Å². The maximum absolute atomic E-state index is 8.68. The van der Waals surface area contributed by atoms with Gasteiger partial charge in [-0.1, -0.05) is 24.0 Å². The van der Waals surface area contributed by atoms with Crippen LogP contribution in [0, 0.1) is 11.8 Å². The molecule has 0 aliphatic carbocycles. The number of aliphatic hydroxyl groups is 1. The summed E-state index contributed by atoms with van der Waals surface area (Å²) in [6.45, 7) is 2.76. The molecule has 2 aromatic rings. The van der Waals surface area contributed by atoms with Crippen molar-refractivity contribution in [1.29, 1.82) is 0 Å². The molecule has 0 aliphatic heterocycles. The van der Waals surface area contributed by atoms with Crippen LogP contribution in [0.25, 0.3) is 10.8 Å². The lowest BCUT2D eigenvalue weighted by atomic mass is 10.1.